The number of halogens is 2. The Morgan fingerprint density at radius 2 is 1.80 bits per heavy atom. The average molecular weight is 382 g/mol. The van der Waals surface area contributed by atoms with Gasteiger partial charge in [-0.25, -0.2) is 0 Å². The van der Waals surface area contributed by atoms with Gasteiger partial charge < -0.3 is 14.8 Å². The third-order valence-corrected chi connectivity index (χ3v) is 4.55. The molecule has 0 aliphatic carbocycles. The van der Waals surface area contributed by atoms with E-state index < -0.39 is 0 Å². The highest BCUT2D eigenvalue weighted by atomic mass is 35.5. The van der Waals surface area contributed by atoms with Crippen LogP contribution in [0.2, 0.25) is 10.0 Å². The number of ether oxygens (including phenoxy) is 2. The molecule has 134 valence electrons. The lowest BCUT2D eigenvalue weighted by molar-refractivity contribution is -0.116. The lowest BCUT2D eigenvalue weighted by atomic mass is 10.1. The van der Waals surface area contributed by atoms with Crippen LogP contribution in [0, 0.1) is 13.8 Å². The fourth-order valence-electron chi connectivity index (χ4n) is 2.38. The summed E-state index contributed by atoms with van der Waals surface area (Å²) in [6.07, 6.45) is 0.964. The Morgan fingerprint density at radius 1 is 1.12 bits per heavy atom. The van der Waals surface area contributed by atoms with E-state index in [0.717, 1.165) is 21.9 Å². The molecule has 0 radical (unpaired) electrons. The highest BCUT2D eigenvalue weighted by molar-refractivity contribution is 6.32. The number of carbonyl (C=O) groups excluding carboxylic acids is 1. The summed E-state index contributed by atoms with van der Waals surface area (Å²) in [6.45, 7) is 4.34. The SMILES string of the molecule is COc1ccc(NC(=O)CCCOc2cc(C)c(Cl)c(C)c2)cc1Cl. The maximum absolute atomic E-state index is 12.0. The topological polar surface area (TPSA) is 47.6 Å². The molecule has 1 amide bonds. The first-order valence-electron chi connectivity index (χ1n) is 7.93. The Labute approximate surface area is 158 Å². The lowest BCUT2D eigenvalue weighted by Gasteiger charge is -2.10. The molecule has 6 heteroatoms. The molecule has 2 aromatic rings. The van der Waals surface area contributed by atoms with Crippen LogP contribution in [0.25, 0.3) is 0 Å². The number of hydrogen-bond donors (Lipinski definition) is 1. The monoisotopic (exact) mass is 381 g/mol. The number of benzene rings is 2. The first-order valence-corrected chi connectivity index (χ1v) is 8.69. The summed E-state index contributed by atoms with van der Waals surface area (Å²) in [7, 11) is 1.54. The van der Waals surface area contributed by atoms with Crippen LogP contribution in [-0.4, -0.2) is 19.6 Å². The number of carbonyl (C=O) groups is 1. The fourth-order valence-corrected chi connectivity index (χ4v) is 2.75. The van der Waals surface area contributed by atoms with Crippen molar-refractivity contribution in [2.45, 2.75) is 26.7 Å². The quantitative estimate of drug-likeness (QED) is 0.651. The van der Waals surface area contributed by atoms with Gasteiger partial charge in [-0.2, -0.15) is 0 Å². The Balaban J connectivity index is 1.78. The lowest BCUT2D eigenvalue weighted by Crippen LogP contribution is -2.12. The van der Waals surface area contributed by atoms with Crippen molar-refractivity contribution >= 4 is 34.8 Å². The molecule has 4 nitrogen and oxygen atoms in total. The van der Waals surface area contributed by atoms with E-state index in [9.17, 15) is 4.79 Å². The maximum Gasteiger partial charge on any atom is 0.224 e. The molecule has 0 fully saturated rings. The minimum atomic E-state index is -0.0895. The second-order valence-corrected chi connectivity index (χ2v) is 6.51. The van der Waals surface area contributed by atoms with Crippen LogP contribution in [0.3, 0.4) is 0 Å². The summed E-state index contributed by atoms with van der Waals surface area (Å²) in [5.74, 6) is 1.25. The van der Waals surface area contributed by atoms with Gasteiger partial charge in [-0.15, -0.1) is 0 Å². The van der Waals surface area contributed by atoms with Crippen LogP contribution in [0.5, 0.6) is 11.5 Å². The molecule has 0 bridgehead atoms. The van der Waals surface area contributed by atoms with Crippen LogP contribution in [-0.2, 0) is 4.79 Å². The van der Waals surface area contributed by atoms with E-state index >= 15 is 0 Å². The summed E-state index contributed by atoms with van der Waals surface area (Å²) in [5, 5.41) is 4.02. The number of anilines is 1. The van der Waals surface area contributed by atoms with Gasteiger partial charge in [-0.1, -0.05) is 23.2 Å². The van der Waals surface area contributed by atoms with Crippen molar-refractivity contribution in [1.82, 2.24) is 0 Å². The highest BCUT2D eigenvalue weighted by Gasteiger charge is 2.07. The van der Waals surface area contributed by atoms with E-state index in [4.69, 9.17) is 32.7 Å². The molecule has 0 atom stereocenters. The van der Waals surface area contributed by atoms with Crippen molar-refractivity contribution in [3.63, 3.8) is 0 Å². The van der Waals surface area contributed by atoms with Crippen molar-refractivity contribution < 1.29 is 14.3 Å². The van der Waals surface area contributed by atoms with Crippen LogP contribution in [0.1, 0.15) is 24.0 Å². The van der Waals surface area contributed by atoms with E-state index in [1.807, 2.05) is 26.0 Å². The second-order valence-electron chi connectivity index (χ2n) is 5.72. The Kier molecular flexibility index (Phi) is 6.97. The summed E-state index contributed by atoms with van der Waals surface area (Å²) >= 11 is 12.2. The predicted molar refractivity (Wildman–Crippen MR) is 102 cm³/mol. The third kappa shape index (κ3) is 5.55. The Morgan fingerprint density at radius 3 is 2.40 bits per heavy atom. The number of aryl methyl sites for hydroxylation is 2. The molecular formula is C19H21Cl2NO3. The van der Waals surface area contributed by atoms with Crippen LogP contribution >= 0.6 is 23.2 Å². The molecule has 0 aliphatic heterocycles. The fraction of sp³-hybridized carbons (Fsp3) is 0.316. The van der Waals surface area contributed by atoms with Gasteiger partial charge in [0.1, 0.15) is 11.5 Å². The Bertz CT molecular complexity index is 739. The molecule has 0 heterocycles. The summed E-state index contributed by atoms with van der Waals surface area (Å²) in [5.41, 5.74) is 2.59. The molecule has 25 heavy (non-hydrogen) atoms. The molecule has 0 aromatic heterocycles. The van der Waals surface area contributed by atoms with Gasteiger partial charge in [0, 0.05) is 17.1 Å². The van der Waals surface area contributed by atoms with Gasteiger partial charge in [0.25, 0.3) is 0 Å². The first-order chi connectivity index (χ1) is 11.9. The third-order valence-electron chi connectivity index (χ3n) is 3.66. The van der Waals surface area contributed by atoms with E-state index in [2.05, 4.69) is 5.32 Å². The van der Waals surface area contributed by atoms with Crippen molar-refractivity contribution in [2.24, 2.45) is 0 Å². The van der Waals surface area contributed by atoms with Crippen LogP contribution in [0.4, 0.5) is 5.69 Å². The number of rotatable bonds is 7. The zero-order valence-corrected chi connectivity index (χ0v) is 16.0. The largest absolute Gasteiger partial charge is 0.495 e. The van der Waals surface area contributed by atoms with Gasteiger partial charge in [0.2, 0.25) is 5.91 Å². The van der Waals surface area contributed by atoms with E-state index in [1.54, 1.807) is 25.3 Å². The molecule has 0 aliphatic rings. The van der Waals surface area contributed by atoms with Crippen LogP contribution < -0.4 is 14.8 Å². The standard InChI is InChI=1S/C19H21Cl2NO3/c1-12-9-15(10-13(2)19(12)21)25-8-4-5-18(23)22-14-6-7-17(24-3)16(20)11-14/h6-7,9-11H,4-5,8H2,1-3H3,(H,22,23). The predicted octanol–water partition coefficient (Wildman–Crippen LogP) is 5.42. The number of hydrogen-bond acceptors (Lipinski definition) is 3. The van der Waals surface area contributed by atoms with Gasteiger partial charge >= 0.3 is 0 Å². The van der Waals surface area contributed by atoms with Gasteiger partial charge in [-0.3, -0.25) is 4.79 Å². The number of methoxy groups -OCH3 is 1. The van der Waals surface area contributed by atoms with Gasteiger partial charge in [0.15, 0.2) is 0 Å². The smallest absolute Gasteiger partial charge is 0.224 e. The number of nitrogens with one attached hydrogen (secondary N) is 1. The molecule has 0 spiro atoms. The van der Waals surface area contributed by atoms with Crippen molar-refractivity contribution in [2.75, 3.05) is 19.0 Å². The van der Waals surface area contributed by atoms with Crippen LogP contribution in [0.15, 0.2) is 30.3 Å². The zero-order valence-electron chi connectivity index (χ0n) is 14.5. The maximum atomic E-state index is 12.0. The van der Waals surface area contributed by atoms with Gasteiger partial charge in [0.05, 0.1) is 18.7 Å². The number of amides is 1. The first kappa shape index (κ1) is 19.4. The highest BCUT2D eigenvalue weighted by Crippen LogP contribution is 2.27. The molecule has 0 unspecified atom stereocenters. The Hall–Kier alpha value is -1.91. The molecule has 1 N–H and O–H groups in total. The van der Waals surface area contributed by atoms with E-state index in [1.165, 1.54) is 0 Å². The summed E-state index contributed by atoms with van der Waals surface area (Å²) in [4.78, 5) is 12.0. The van der Waals surface area contributed by atoms with Crippen molar-refractivity contribution in [1.29, 1.82) is 0 Å². The second kappa shape index (κ2) is 8.97. The summed E-state index contributed by atoms with van der Waals surface area (Å²) < 4.78 is 10.8. The molecule has 2 aromatic carbocycles. The molecule has 2 rings (SSSR count). The molecular weight excluding hydrogens is 361 g/mol. The normalized spacial score (nSPS) is 10.4. The minimum Gasteiger partial charge on any atom is -0.495 e. The van der Waals surface area contributed by atoms with E-state index in [-0.39, 0.29) is 5.91 Å². The van der Waals surface area contributed by atoms with Gasteiger partial charge in [-0.05, 0) is 61.7 Å². The summed E-state index contributed by atoms with van der Waals surface area (Å²) in [6, 6.07) is 8.92. The van der Waals surface area contributed by atoms with Crippen molar-refractivity contribution in [3.8, 4) is 11.5 Å². The average Bonchev–Trinajstić information content (AvgIpc) is 2.56. The van der Waals surface area contributed by atoms with Crippen molar-refractivity contribution in [3.05, 3.63) is 51.5 Å². The molecule has 0 saturated carbocycles. The van der Waals surface area contributed by atoms with E-state index in [0.29, 0.717) is 35.9 Å². The zero-order chi connectivity index (χ0) is 18.4. The minimum absolute atomic E-state index is 0.0895. The molecule has 0 saturated heterocycles.